The summed E-state index contributed by atoms with van der Waals surface area (Å²) >= 11 is 12.0. The third-order valence-corrected chi connectivity index (χ3v) is 4.04. The predicted octanol–water partition coefficient (Wildman–Crippen LogP) is 3.23. The number of rotatable bonds is 3. The molecular formula is C16H15Cl2N3O2. The lowest BCUT2D eigenvalue weighted by Crippen LogP contribution is -2.46. The molecule has 3 rings (SSSR count). The normalized spacial score (nSPS) is 14.6. The fourth-order valence-corrected chi connectivity index (χ4v) is 2.78. The lowest BCUT2D eigenvalue weighted by molar-refractivity contribution is 0.0732. The Hall–Kier alpha value is -1.82. The molecule has 1 saturated heterocycles. The van der Waals surface area contributed by atoms with Crippen molar-refractivity contribution in [3.63, 3.8) is 0 Å². The van der Waals surface area contributed by atoms with Crippen LogP contribution in [0.1, 0.15) is 10.4 Å². The van der Waals surface area contributed by atoms with Crippen molar-refractivity contribution in [3.8, 4) is 11.6 Å². The first-order valence-corrected chi connectivity index (χ1v) is 7.98. The minimum atomic E-state index is -0.0975. The maximum Gasteiger partial charge on any atom is 0.259 e. The summed E-state index contributed by atoms with van der Waals surface area (Å²) < 4.78 is 5.74. The number of benzene rings is 1. The number of ether oxygens (including phenoxy) is 1. The second kappa shape index (κ2) is 7.17. The van der Waals surface area contributed by atoms with Crippen molar-refractivity contribution >= 4 is 29.1 Å². The third kappa shape index (κ3) is 3.75. The van der Waals surface area contributed by atoms with E-state index in [-0.39, 0.29) is 11.8 Å². The number of hydrogen-bond acceptors (Lipinski definition) is 4. The quantitative estimate of drug-likeness (QED) is 0.922. The van der Waals surface area contributed by atoms with Gasteiger partial charge in [-0.25, -0.2) is 4.98 Å². The molecule has 0 unspecified atom stereocenters. The van der Waals surface area contributed by atoms with E-state index in [0.29, 0.717) is 34.4 Å². The highest BCUT2D eigenvalue weighted by Gasteiger charge is 2.22. The zero-order chi connectivity index (χ0) is 16.2. The van der Waals surface area contributed by atoms with Gasteiger partial charge in [-0.2, -0.15) is 0 Å². The number of halogens is 2. The van der Waals surface area contributed by atoms with Gasteiger partial charge in [-0.05, 0) is 30.3 Å². The van der Waals surface area contributed by atoms with Crippen LogP contribution in [0, 0.1) is 0 Å². The summed E-state index contributed by atoms with van der Waals surface area (Å²) in [4.78, 5) is 18.6. The van der Waals surface area contributed by atoms with E-state index in [2.05, 4.69) is 10.3 Å². The second-order valence-corrected chi connectivity index (χ2v) is 5.92. The molecule has 1 aliphatic rings. The molecule has 0 spiro atoms. The van der Waals surface area contributed by atoms with Crippen molar-refractivity contribution in [2.75, 3.05) is 26.2 Å². The van der Waals surface area contributed by atoms with Crippen molar-refractivity contribution in [1.29, 1.82) is 0 Å². The van der Waals surface area contributed by atoms with Crippen LogP contribution in [0.25, 0.3) is 0 Å². The van der Waals surface area contributed by atoms with E-state index in [4.69, 9.17) is 27.9 Å². The molecule has 0 bridgehead atoms. The Balaban J connectivity index is 1.86. The maximum atomic E-state index is 12.7. The maximum absolute atomic E-state index is 12.7. The number of aromatic nitrogens is 1. The summed E-state index contributed by atoms with van der Waals surface area (Å²) in [6, 6.07) is 8.32. The molecule has 120 valence electrons. The van der Waals surface area contributed by atoms with Crippen LogP contribution in [0.2, 0.25) is 10.0 Å². The highest BCUT2D eigenvalue weighted by atomic mass is 35.5. The van der Waals surface area contributed by atoms with E-state index in [1.54, 1.807) is 41.4 Å². The van der Waals surface area contributed by atoms with Gasteiger partial charge in [-0.15, -0.1) is 0 Å². The summed E-state index contributed by atoms with van der Waals surface area (Å²) in [6.45, 7) is 2.89. The molecular weight excluding hydrogens is 337 g/mol. The molecule has 1 N–H and O–H groups in total. The molecule has 23 heavy (non-hydrogen) atoms. The number of nitrogens with one attached hydrogen (secondary N) is 1. The van der Waals surface area contributed by atoms with Crippen LogP contribution in [0.4, 0.5) is 0 Å². The Morgan fingerprint density at radius 2 is 2.00 bits per heavy atom. The summed E-state index contributed by atoms with van der Waals surface area (Å²) in [5, 5.41) is 4.10. The topological polar surface area (TPSA) is 54.5 Å². The molecule has 0 atom stereocenters. The van der Waals surface area contributed by atoms with Crippen LogP contribution in [0.3, 0.4) is 0 Å². The van der Waals surface area contributed by atoms with Gasteiger partial charge in [0.1, 0.15) is 11.3 Å². The summed E-state index contributed by atoms with van der Waals surface area (Å²) in [6.07, 6.45) is 1.58. The van der Waals surface area contributed by atoms with E-state index in [1.165, 1.54) is 0 Å². The molecule has 5 nitrogen and oxygen atoms in total. The molecule has 2 heterocycles. The van der Waals surface area contributed by atoms with Crippen LogP contribution in [0.5, 0.6) is 11.6 Å². The Morgan fingerprint density at radius 3 is 2.74 bits per heavy atom. The van der Waals surface area contributed by atoms with Crippen molar-refractivity contribution in [3.05, 3.63) is 52.1 Å². The van der Waals surface area contributed by atoms with E-state index in [1.807, 2.05) is 0 Å². The fraction of sp³-hybridized carbons (Fsp3) is 0.250. The number of hydrogen-bond donors (Lipinski definition) is 1. The van der Waals surface area contributed by atoms with Crippen LogP contribution in [0.15, 0.2) is 36.5 Å². The number of carbonyl (C=O) groups excluding carboxylic acids is 1. The van der Waals surface area contributed by atoms with Gasteiger partial charge in [0.25, 0.3) is 5.91 Å². The molecule has 1 aromatic carbocycles. The average Bonchev–Trinajstić information content (AvgIpc) is 2.58. The van der Waals surface area contributed by atoms with Crippen LogP contribution >= 0.6 is 23.2 Å². The Labute approximate surface area is 144 Å². The highest BCUT2D eigenvalue weighted by Crippen LogP contribution is 2.32. The Morgan fingerprint density at radius 1 is 1.22 bits per heavy atom. The monoisotopic (exact) mass is 351 g/mol. The average molecular weight is 352 g/mol. The lowest BCUT2D eigenvalue weighted by atomic mass is 10.2. The predicted molar refractivity (Wildman–Crippen MR) is 89.5 cm³/mol. The number of amides is 1. The highest BCUT2D eigenvalue weighted by molar-refractivity contribution is 6.35. The molecule has 0 aliphatic carbocycles. The minimum Gasteiger partial charge on any atom is -0.437 e. The van der Waals surface area contributed by atoms with Crippen molar-refractivity contribution in [2.45, 2.75) is 0 Å². The van der Waals surface area contributed by atoms with Crippen molar-refractivity contribution < 1.29 is 9.53 Å². The van der Waals surface area contributed by atoms with Gasteiger partial charge in [0.2, 0.25) is 5.88 Å². The van der Waals surface area contributed by atoms with Crippen LogP contribution in [-0.4, -0.2) is 42.0 Å². The number of carbonyl (C=O) groups is 1. The van der Waals surface area contributed by atoms with Gasteiger partial charge in [0.05, 0.1) is 5.02 Å². The number of pyridine rings is 1. The van der Waals surface area contributed by atoms with Gasteiger partial charge in [-0.3, -0.25) is 4.79 Å². The number of piperazine rings is 1. The molecule has 1 fully saturated rings. The number of nitrogens with zero attached hydrogens (tertiary/aromatic N) is 2. The Bertz CT molecular complexity index is 718. The van der Waals surface area contributed by atoms with Crippen molar-refractivity contribution in [2.24, 2.45) is 0 Å². The van der Waals surface area contributed by atoms with Crippen molar-refractivity contribution in [1.82, 2.24) is 15.2 Å². The first-order chi connectivity index (χ1) is 11.1. The SMILES string of the molecule is O=C(c1cccnc1Oc1ccc(Cl)cc1Cl)N1CCNCC1. The molecule has 1 aromatic heterocycles. The van der Waals surface area contributed by atoms with Gasteiger partial charge in [0, 0.05) is 37.4 Å². The molecule has 2 aromatic rings. The van der Waals surface area contributed by atoms with E-state index >= 15 is 0 Å². The smallest absolute Gasteiger partial charge is 0.259 e. The zero-order valence-electron chi connectivity index (χ0n) is 12.3. The summed E-state index contributed by atoms with van der Waals surface area (Å²) in [5.74, 6) is 0.545. The summed E-state index contributed by atoms with van der Waals surface area (Å²) in [5.41, 5.74) is 0.417. The lowest BCUT2D eigenvalue weighted by Gasteiger charge is -2.27. The molecule has 0 radical (unpaired) electrons. The molecule has 1 aliphatic heterocycles. The van der Waals surface area contributed by atoms with Crippen LogP contribution in [-0.2, 0) is 0 Å². The standard InChI is InChI=1S/C16H15Cl2N3O2/c17-11-3-4-14(13(18)10-11)23-15-12(2-1-5-20-15)16(22)21-8-6-19-7-9-21/h1-5,10,19H,6-9H2. The zero-order valence-corrected chi connectivity index (χ0v) is 13.8. The first-order valence-electron chi connectivity index (χ1n) is 7.23. The first kappa shape index (κ1) is 16.1. The van der Waals surface area contributed by atoms with Gasteiger partial charge >= 0.3 is 0 Å². The Kier molecular flexibility index (Phi) is 5.00. The van der Waals surface area contributed by atoms with E-state index in [9.17, 15) is 4.79 Å². The molecule has 0 saturated carbocycles. The molecule has 7 heteroatoms. The van der Waals surface area contributed by atoms with E-state index < -0.39 is 0 Å². The fourth-order valence-electron chi connectivity index (χ4n) is 2.34. The van der Waals surface area contributed by atoms with Gasteiger partial charge in [0.15, 0.2) is 0 Å². The largest absolute Gasteiger partial charge is 0.437 e. The second-order valence-electron chi connectivity index (χ2n) is 5.08. The van der Waals surface area contributed by atoms with Gasteiger partial charge < -0.3 is 15.0 Å². The van der Waals surface area contributed by atoms with Crippen LogP contribution < -0.4 is 10.1 Å². The van der Waals surface area contributed by atoms with Gasteiger partial charge in [-0.1, -0.05) is 23.2 Å². The summed E-state index contributed by atoms with van der Waals surface area (Å²) in [7, 11) is 0. The minimum absolute atomic E-state index is 0.0975. The van der Waals surface area contributed by atoms with E-state index in [0.717, 1.165) is 13.1 Å². The molecule has 1 amide bonds. The third-order valence-electron chi connectivity index (χ3n) is 3.51.